The van der Waals surface area contributed by atoms with Gasteiger partial charge >= 0.3 is 0 Å². The average Bonchev–Trinajstić information content (AvgIpc) is 2.97. The molecule has 1 atom stereocenters. The van der Waals surface area contributed by atoms with Crippen LogP contribution in [0, 0.1) is 24.7 Å². The van der Waals surface area contributed by atoms with Crippen molar-refractivity contribution in [1.82, 2.24) is 4.90 Å². The lowest BCUT2D eigenvalue weighted by Crippen LogP contribution is -2.29. The molecule has 1 heterocycles. The van der Waals surface area contributed by atoms with Gasteiger partial charge in [0.2, 0.25) is 0 Å². The third-order valence-electron chi connectivity index (χ3n) is 3.86. The molecule has 4 nitrogen and oxygen atoms in total. The molecule has 112 valence electrons. The Hall–Kier alpha value is -1.83. The van der Waals surface area contributed by atoms with Crippen molar-refractivity contribution in [1.29, 1.82) is 0 Å². The zero-order valence-electron chi connectivity index (χ0n) is 12.3. The third kappa shape index (κ3) is 3.63. The zero-order valence-corrected chi connectivity index (χ0v) is 12.3. The van der Waals surface area contributed by atoms with Gasteiger partial charge in [-0.25, -0.2) is 0 Å². The quantitative estimate of drug-likeness (QED) is 0.821. The van der Waals surface area contributed by atoms with Gasteiger partial charge in [0.1, 0.15) is 0 Å². The van der Waals surface area contributed by atoms with E-state index in [1.165, 1.54) is 0 Å². The van der Waals surface area contributed by atoms with E-state index in [4.69, 9.17) is 5.11 Å². The number of amides is 1. The standard InChI is InChI=1S/C17H21NO3/c1-13-15(5-2-3-10-19)6-4-7-16(13)17(21)18-9-8-14(11-18)12-20/h4,6-7,14,19-20H,3,8-12H2,1H3. The first-order valence-electron chi connectivity index (χ1n) is 7.26. The van der Waals surface area contributed by atoms with Crippen molar-refractivity contribution in [3.63, 3.8) is 0 Å². The predicted octanol–water partition coefficient (Wildman–Crippen LogP) is 1.18. The van der Waals surface area contributed by atoms with E-state index in [0.717, 1.165) is 17.5 Å². The first-order chi connectivity index (χ1) is 10.2. The second kappa shape index (κ2) is 7.26. The number of aliphatic hydroxyl groups excluding tert-OH is 2. The van der Waals surface area contributed by atoms with Crippen LogP contribution < -0.4 is 0 Å². The highest BCUT2D eigenvalue weighted by Crippen LogP contribution is 2.21. The summed E-state index contributed by atoms with van der Waals surface area (Å²) in [5, 5.41) is 17.9. The summed E-state index contributed by atoms with van der Waals surface area (Å²) >= 11 is 0. The number of likely N-dealkylation sites (tertiary alicyclic amines) is 1. The molecular formula is C17H21NO3. The van der Waals surface area contributed by atoms with Crippen LogP contribution >= 0.6 is 0 Å². The maximum atomic E-state index is 12.6. The van der Waals surface area contributed by atoms with Crippen molar-refractivity contribution in [2.75, 3.05) is 26.3 Å². The van der Waals surface area contributed by atoms with E-state index in [9.17, 15) is 9.90 Å². The molecule has 1 saturated heterocycles. The first-order valence-corrected chi connectivity index (χ1v) is 7.26. The average molecular weight is 287 g/mol. The minimum atomic E-state index is 0.00857. The summed E-state index contributed by atoms with van der Waals surface area (Å²) in [5.41, 5.74) is 2.37. The molecule has 0 bridgehead atoms. The Morgan fingerprint density at radius 1 is 1.43 bits per heavy atom. The van der Waals surface area contributed by atoms with Crippen LogP contribution in [-0.2, 0) is 0 Å². The maximum Gasteiger partial charge on any atom is 0.254 e. The second-order valence-corrected chi connectivity index (χ2v) is 5.34. The lowest BCUT2D eigenvalue weighted by atomic mass is 10.0. The molecule has 0 saturated carbocycles. The topological polar surface area (TPSA) is 60.8 Å². The van der Waals surface area contributed by atoms with Gasteiger partial charge < -0.3 is 15.1 Å². The van der Waals surface area contributed by atoms with Crippen LogP contribution in [0.1, 0.15) is 34.3 Å². The molecule has 21 heavy (non-hydrogen) atoms. The lowest BCUT2D eigenvalue weighted by molar-refractivity contribution is 0.0781. The monoisotopic (exact) mass is 287 g/mol. The van der Waals surface area contributed by atoms with E-state index in [-0.39, 0.29) is 25.0 Å². The van der Waals surface area contributed by atoms with E-state index in [1.54, 1.807) is 4.90 Å². The van der Waals surface area contributed by atoms with Crippen LogP contribution in [-0.4, -0.2) is 47.3 Å². The highest BCUT2D eigenvalue weighted by Gasteiger charge is 2.27. The minimum Gasteiger partial charge on any atom is -0.396 e. The molecule has 4 heteroatoms. The van der Waals surface area contributed by atoms with Crippen molar-refractivity contribution in [3.8, 4) is 11.8 Å². The molecule has 1 amide bonds. The molecule has 1 fully saturated rings. The molecule has 2 rings (SSSR count). The van der Waals surface area contributed by atoms with Gasteiger partial charge in [0.05, 0.1) is 6.61 Å². The maximum absolute atomic E-state index is 12.6. The number of carbonyl (C=O) groups excluding carboxylic acids is 1. The summed E-state index contributed by atoms with van der Waals surface area (Å²) in [4.78, 5) is 14.4. The Labute approximate surface area is 125 Å². The zero-order chi connectivity index (χ0) is 15.2. The molecule has 1 aromatic carbocycles. The van der Waals surface area contributed by atoms with E-state index >= 15 is 0 Å². The second-order valence-electron chi connectivity index (χ2n) is 5.34. The van der Waals surface area contributed by atoms with Crippen molar-refractivity contribution < 1.29 is 15.0 Å². The highest BCUT2D eigenvalue weighted by molar-refractivity contribution is 5.96. The van der Waals surface area contributed by atoms with Crippen molar-refractivity contribution in [3.05, 3.63) is 34.9 Å². The molecule has 1 aliphatic heterocycles. The van der Waals surface area contributed by atoms with Crippen molar-refractivity contribution in [2.24, 2.45) is 5.92 Å². The normalized spacial score (nSPS) is 17.5. The SMILES string of the molecule is Cc1c(C#CCCO)cccc1C(=O)N1CCC(CO)C1. The summed E-state index contributed by atoms with van der Waals surface area (Å²) in [5.74, 6) is 6.09. The molecular weight excluding hydrogens is 266 g/mol. The fraction of sp³-hybridized carbons (Fsp3) is 0.471. The van der Waals surface area contributed by atoms with Crippen LogP contribution in [0.5, 0.6) is 0 Å². The summed E-state index contributed by atoms with van der Waals surface area (Å²) in [6.45, 7) is 3.39. The van der Waals surface area contributed by atoms with Crippen LogP contribution in [0.2, 0.25) is 0 Å². The van der Waals surface area contributed by atoms with E-state index in [1.807, 2.05) is 25.1 Å². The number of nitrogens with zero attached hydrogens (tertiary/aromatic N) is 1. The molecule has 0 spiro atoms. The summed E-state index contributed by atoms with van der Waals surface area (Å²) < 4.78 is 0. The molecule has 2 N–H and O–H groups in total. The summed E-state index contributed by atoms with van der Waals surface area (Å²) in [6.07, 6.45) is 1.29. The largest absolute Gasteiger partial charge is 0.396 e. The van der Waals surface area contributed by atoms with Gasteiger partial charge in [-0.1, -0.05) is 17.9 Å². The van der Waals surface area contributed by atoms with Gasteiger partial charge in [-0.15, -0.1) is 0 Å². The number of carbonyl (C=O) groups is 1. The molecule has 0 aromatic heterocycles. The Kier molecular flexibility index (Phi) is 5.38. The third-order valence-corrected chi connectivity index (χ3v) is 3.86. The Morgan fingerprint density at radius 3 is 2.90 bits per heavy atom. The van der Waals surface area contributed by atoms with Crippen LogP contribution in [0.25, 0.3) is 0 Å². The van der Waals surface area contributed by atoms with E-state index in [0.29, 0.717) is 25.1 Å². The Bertz CT molecular complexity index is 571. The van der Waals surface area contributed by atoms with E-state index < -0.39 is 0 Å². The summed E-state index contributed by atoms with van der Waals surface area (Å²) in [6, 6.07) is 5.54. The van der Waals surface area contributed by atoms with Crippen LogP contribution in [0.3, 0.4) is 0 Å². The molecule has 0 radical (unpaired) electrons. The minimum absolute atomic E-state index is 0.00857. The van der Waals surface area contributed by atoms with Crippen molar-refractivity contribution >= 4 is 5.91 Å². The predicted molar refractivity (Wildman–Crippen MR) is 80.9 cm³/mol. The molecule has 1 aromatic rings. The van der Waals surface area contributed by atoms with Gasteiger partial charge in [0, 0.05) is 43.2 Å². The van der Waals surface area contributed by atoms with Crippen molar-refractivity contribution in [2.45, 2.75) is 19.8 Å². The van der Waals surface area contributed by atoms with Gasteiger partial charge in [0.15, 0.2) is 0 Å². The Morgan fingerprint density at radius 2 is 2.24 bits per heavy atom. The number of rotatable bonds is 3. The fourth-order valence-electron chi connectivity index (χ4n) is 2.55. The van der Waals surface area contributed by atoms with Crippen LogP contribution in [0.15, 0.2) is 18.2 Å². The number of aliphatic hydroxyl groups is 2. The Balaban J connectivity index is 2.19. The number of hydrogen-bond acceptors (Lipinski definition) is 3. The van der Waals surface area contributed by atoms with Crippen LogP contribution in [0.4, 0.5) is 0 Å². The van der Waals surface area contributed by atoms with E-state index in [2.05, 4.69) is 11.8 Å². The lowest BCUT2D eigenvalue weighted by Gasteiger charge is -2.18. The van der Waals surface area contributed by atoms with Gasteiger partial charge in [0.25, 0.3) is 5.91 Å². The first kappa shape index (κ1) is 15.6. The number of hydrogen-bond donors (Lipinski definition) is 2. The van der Waals surface area contributed by atoms with Gasteiger partial charge in [-0.2, -0.15) is 0 Å². The van der Waals surface area contributed by atoms with Gasteiger partial charge in [-0.05, 0) is 31.0 Å². The molecule has 0 aliphatic carbocycles. The number of benzene rings is 1. The molecule has 1 aliphatic rings. The smallest absolute Gasteiger partial charge is 0.254 e. The summed E-state index contributed by atoms with van der Waals surface area (Å²) in [7, 11) is 0. The highest BCUT2D eigenvalue weighted by atomic mass is 16.3. The fourth-order valence-corrected chi connectivity index (χ4v) is 2.55. The molecule has 1 unspecified atom stereocenters. The van der Waals surface area contributed by atoms with Gasteiger partial charge in [-0.3, -0.25) is 4.79 Å².